The van der Waals surface area contributed by atoms with Crippen molar-refractivity contribution in [2.75, 3.05) is 0 Å². The lowest BCUT2D eigenvalue weighted by atomic mass is 10.1. The van der Waals surface area contributed by atoms with Gasteiger partial charge in [0.05, 0.1) is 19.0 Å². The van der Waals surface area contributed by atoms with E-state index < -0.39 is 29.3 Å². The third-order valence-corrected chi connectivity index (χ3v) is 4.76. The van der Waals surface area contributed by atoms with E-state index >= 15 is 0 Å². The number of aromatic nitrogens is 4. The van der Waals surface area contributed by atoms with Gasteiger partial charge in [0, 0.05) is 5.56 Å². The predicted molar refractivity (Wildman–Crippen MR) is 138 cm³/mol. The van der Waals surface area contributed by atoms with E-state index in [-0.39, 0.29) is 13.0 Å². The van der Waals surface area contributed by atoms with Crippen molar-refractivity contribution < 1.29 is 23.8 Å². The molecule has 198 valence electrons. The molecular formula is C27H35N5O5. The Bertz CT molecular complexity index is 1160. The van der Waals surface area contributed by atoms with Crippen LogP contribution < -0.4 is 10.1 Å². The number of hydrogen-bond acceptors (Lipinski definition) is 8. The Balaban J connectivity index is 1.68. The number of nitrogens with one attached hydrogen (secondary N) is 1. The molecule has 10 heteroatoms. The molecular weight excluding hydrogens is 474 g/mol. The molecule has 1 heterocycles. The molecule has 10 nitrogen and oxygen atoms in total. The first-order chi connectivity index (χ1) is 17.3. The summed E-state index contributed by atoms with van der Waals surface area (Å²) in [6.45, 7) is 12.7. The zero-order chi connectivity index (χ0) is 27.2. The van der Waals surface area contributed by atoms with E-state index in [1.807, 2.05) is 55.5 Å². The van der Waals surface area contributed by atoms with Crippen LogP contribution in [-0.2, 0) is 20.8 Å². The highest BCUT2D eigenvalue weighted by Crippen LogP contribution is 2.24. The van der Waals surface area contributed by atoms with E-state index in [1.165, 1.54) is 4.80 Å². The minimum absolute atomic E-state index is 0.0849. The van der Waals surface area contributed by atoms with Gasteiger partial charge in [-0.15, -0.1) is 10.2 Å². The number of aryl methyl sites for hydroxylation is 1. The Morgan fingerprint density at radius 3 is 2.03 bits per heavy atom. The Hall–Kier alpha value is -3.95. The van der Waals surface area contributed by atoms with Crippen molar-refractivity contribution in [1.29, 1.82) is 0 Å². The van der Waals surface area contributed by atoms with Crippen LogP contribution >= 0.6 is 0 Å². The molecule has 3 aromatic rings. The fourth-order valence-electron chi connectivity index (χ4n) is 3.27. The number of hydrogen-bond donors (Lipinski definition) is 1. The molecule has 0 spiro atoms. The summed E-state index contributed by atoms with van der Waals surface area (Å²) in [5.74, 6) is 1.36. The number of carbonyl (C=O) groups is 2. The molecule has 2 aromatic carbocycles. The van der Waals surface area contributed by atoms with Gasteiger partial charge in [-0.05, 0) is 90.1 Å². The highest BCUT2D eigenvalue weighted by molar-refractivity contribution is 5.73. The van der Waals surface area contributed by atoms with Gasteiger partial charge in [-0.1, -0.05) is 17.7 Å². The van der Waals surface area contributed by atoms with Gasteiger partial charge in [0.15, 0.2) is 0 Å². The number of benzene rings is 2. The lowest BCUT2D eigenvalue weighted by molar-refractivity contribution is -0.155. The van der Waals surface area contributed by atoms with Crippen LogP contribution in [0.5, 0.6) is 11.5 Å². The van der Waals surface area contributed by atoms with Crippen LogP contribution in [0.25, 0.3) is 11.4 Å². The molecule has 0 saturated carbocycles. The van der Waals surface area contributed by atoms with Crippen LogP contribution in [0, 0.1) is 6.92 Å². The first-order valence-corrected chi connectivity index (χ1v) is 12.1. The highest BCUT2D eigenvalue weighted by atomic mass is 16.6. The van der Waals surface area contributed by atoms with E-state index in [0.717, 1.165) is 16.9 Å². The topological polar surface area (TPSA) is 117 Å². The average Bonchev–Trinajstić information content (AvgIpc) is 3.21. The van der Waals surface area contributed by atoms with Gasteiger partial charge in [0.25, 0.3) is 0 Å². The van der Waals surface area contributed by atoms with Gasteiger partial charge in [-0.2, -0.15) is 4.80 Å². The minimum Gasteiger partial charge on any atom is -0.460 e. The van der Waals surface area contributed by atoms with Gasteiger partial charge in [-0.3, -0.25) is 4.79 Å². The molecule has 0 aliphatic rings. The zero-order valence-electron chi connectivity index (χ0n) is 22.4. The molecule has 1 aromatic heterocycles. The van der Waals surface area contributed by atoms with Gasteiger partial charge < -0.3 is 19.5 Å². The molecule has 0 aliphatic carbocycles. The second kappa shape index (κ2) is 11.4. The first kappa shape index (κ1) is 27.6. The SMILES string of the molecule is Cc1ccc(Oc2ccc(-c3nnn(C[C@@H](CC(=O)OC(C)(C)C)NC(=O)OC(C)(C)C)n3)cc2)cc1. The van der Waals surface area contributed by atoms with Gasteiger partial charge in [0.2, 0.25) is 5.82 Å². The van der Waals surface area contributed by atoms with Crippen LogP contribution in [0.1, 0.15) is 53.5 Å². The number of ether oxygens (including phenoxy) is 3. The van der Waals surface area contributed by atoms with Crippen LogP contribution in [-0.4, -0.2) is 49.5 Å². The number of tetrazole rings is 1. The number of rotatable bonds is 8. The number of amides is 1. The number of esters is 1. The van der Waals surface area contributed by atoms with E-state index in [9.17, 15) is 9.59 Å². The second-order valence-corrected chi connectivity index (χ2v) is 10.7. The van der Waals surface area contributed by atoms with E-state index in [4.69, 9.17) is 14.2 Å². The Morgan fingerprint density at radius 2 is 1.46 bits per heavy atom. The third-order valence-electron chi connectivity index (χ3n) is 4.76. The fraction of sp³-hybridized carbons (Fsp3) is 0.444. The molecule has 0 aliphatic heterocycles. The maximum Gasteiger partial charge on any atom is 0.407 e. The molecule has 3 rings (SSSR count). The largest absolute Gasteiger partial charge is 0.460 e. The molecule has 1 N–H and O–H groups in total. The minimum atomic E-state index is -0.686. The van der Waals surface area contributed by atoms with Crippen molar-refractivity contribution in [3.8, 4) is 22.9 Å². The predicted octanol–water partition coefficient (Wildman–Crippen LogP) is 5.07. The summed E-state index contributed by atoms with van der Waals surface area (Å²) in [7, 11) is 0. The molecule has 0 bridgehead atoms. The summed E-state index contributed by atoms with van der Waals surface area (Å²) >= 11 is 0. The molecule has 37 heavy (non-hydrogen) atoms. The zero-order valence-corrected chi connectivity index (χ0v) is 22.4. The standard InChI is InChI=1S/C27H35N5O5/c1-18-8-12-21(13-9-18)35-22-14-10-19(11-15-22)24-29-31-32(30-24)17-20(16-23(33)36-26(2,3)4)28-25(34)37-27(5,6)7/h8-15,20H,16-17H2,1-7H3,(H,28,34)/t20-/m1/s1. The first-order valence-electron chi connectivity index (χ1n) is 12.1. The molecule has 1 atom stereocenters. The van der Waals surface area contributed by atoms with Crippen LogP contribution in [0.4, 0.5) is 4.79 Å². The van der Waals surface area contributed by atoms with Crippen LogP contribution in [0.15, 0.2) is 48.5 Å². The summed E-state index contributed by atoms with van der Waals surface area (Å²) in [6, 6.07) is 14.4. The Morgan fingerprint density at radius 1 is 0.892 bits per heavy atom. The van der Waals surface area contributed by atoms with Crippen LogP contribution in [0.2, 0.25) is 0 Å². The van der Waals surface area contributed by atoms with Gasteiger partial charge in [-0.25, -0.2) is 4.79 Å². The summed E-state index contributed by atoms with van der Waals surface area (Å²) in [5.41, 5.74) is 0.564. The smallest absolute Gasteiger partial charge is 0.407 e. The van der Waals surface area contributed by atoms with Gasteiger partial charge in [0.1, 0.15) is 22.7 Å². The van der Waals surface area contributed by atoms with Crippen molar-refractivity contribution in [1.82, 2.24) is 25.5 Å². The highest BCUT2D eigenvalue weighted by Gasteiger charge is 2.25. The number of carbonyl (C=O) groups excluding carboxylic acids is 2. The van der Waals surface area contributed by atoms with Crippen LogP contribution in [0.3, 0.4) is 0 Å². The van der Waals surface area contributed by atoms with Crippen molar-refractivity contribution in [3.63, 3.8) is 0 Å². The third kappa shape index (κ3) is 9.55. The van der Waals surface area contributed by atoms with E-state index in [0.29, 0.717) is 11.6 Å². The molecule has 1 amide bonds. The second-order valence-electron chi connectivity index (χ2n) is 10.7. The quantitative estimate of drug-likeness (QED) is 0.419. The number of nitrogens with zero attached hydrogens (tertiary/aromatic N) is 4. The summed E-state index contributed by atoms with van der Waals surface area (Å²) < 4.78 is 16.6. The summed E-state index contributed by atoms with van der Waals surface area (Å²) in [4.78, 5) is 26.1. The van der Waals surface area contributed by atoms with E-state index in [2.05, 4.69) is 20.7 Å². The van der Waals surface area contributed by atoms with Crippen molar-refractivity contribution >= 4 is 12.1 Å². The Labute approximate surface area is 217 Å². The maximum absolute atomic E-state index is 12.4. The maximum atomic E-state index is 12.4. The monoisotopic (exact) mass is 509 g/mol. The summed E-state index contributed by atoms with van der Waals surface area (Å²) in [5, 5.41) is 15.3. The molecule has 0 radical (unpaired) electrons. The lowest BCUT2D eigenvalue weighted by Gasteiger charge is -2.24. The fourth-order valence-corrected chi connectivity index (χ4v) is 3.27. The van der Waals surface area contributed by atoms with Gasteiger partial charge >= 0.3 is 12.1 Å². The van der Waals surface area contributed by atoms with Crippen molar-refractivity contribution in [3.05, 3.63) is 54.1 Å². The Kier molecular flexibility index (Phi) is 8.52. The number of alkyl carbamates (subject to hydrolysis) is 1. The van der Waals surface area contributed by atoms with Crippen molar-refractivity contribution in [2.45, 2.75) is 78.7 Å². The molecule has 0 saturated heterocycles. The normalized spacial score (nSPS) is 12.5. The van der Waals surface area contributed by atoms with E-state index in [1.54, 1.807) is 41.5 Å². The molecule has 0 fully saturated rings. The molecule has 0 unspecified atom stereocenters. The lowest BCUT2D eigenvalue weighted by Crippen LogP contribution is -2.43. The average molecular weight is 510 g/mol. The van der Waals surface area contributed by atoms with Crippen molar-refractivity contribution in [2.24, 2.45) is 0 Å². The summed E-state index contributed by atoms with van der Waals surface area (Å²) in [6.07, 6.45) is -0.733.